The molecule has 0 unspecified atom stereocenters. The minimum absolute atomic E-state index is 0.0711. The predicted molar refractivity (Wildman–Crippen MR) is 70.2 cm³/mol. The number of hydrogen-bond donors (Lipinski definition) is 0. The average molecular weight is 398 g/mol. The summed E-state index contributed by atoms with van der Waals surface area (Å²) in [6.45, 7) is 0. The summed E-state index contributed by atoms with van der Waals surface area (Å²) in [5, 5.41) is 0. The normalized spacial score (nSPS) is 11.6. The summed E-state index contributed by atoms with van der Waals surface area (Å²) in [6, 6.07) is 4.29. The Morgan fingerprint density at radius 1 is 1.11 bits per heavy atom. The zero-order chi connectivity index (χ0) is 14.2. The van der Waals surface area contributed by atoms with Crippen LogP contribution in [0.4, 0.5) is 13.2 Å². The molecule has 8 heteroatoms. The lowest BCUT2D eigenvalue weighted by Crippen LogP contribution is -2.20. The van der Waals surface area contributed by atoms with E-state index in [0.717, 1.165) is 12.1 Å². The van der Waals surface area contributed by atoms with E-state index in [4.69, 9.17) is 0 Å². The molecule has 1 aromatic heterocycles. The van der Waals surface area contributed by atoms with E-state index < -0.39 is 17.3 Å². The number of benzene rings is 1. The molecule has 0 bridgehead atoms. The first kappa shape index (κ1) is 14.3. The average Bonchev–Trinajstić information content (AvgIpc) is 2.33. The smallest absolute Gasteiger partial charge is 0.279 e. The second-order valence-corrected chi connectivity index (χ2v) is 5.14. The maximum atomic E-state index is 12.4. The molecule has 0 atom stereocenters. The summed E-state index contributed by atoms with van der Waals surface area (Å²) < 4.78 is 39.0. The van der Waals surface area contributed by atoms with Crippen molar-refractivity contribution in [1.82, 2.24) is 9.55 Å². The standard InChI is InChI=1S/C11H5Br2F3N2O/c12-8-5-18(10(19)9(13)17-8)7-3-1-6(2-4-7)11(14,15)16/h1-5H. The highest BCUT2D eigenvalue weighted by molar-refractivity contribution is 9.11. The van der Waals surface area contributed by atoms with Crippen LogP contribution < -0.4 is 5.56 Å². The first-order chi connectivity index (χ1) is 8.79. The molecule has 2 aromatic rings. The first-order valence-electron chi connectivity index (χ1n) is 4.91. The maximum Gasteiger partial charge on any atom is 0.416 e. The van der Waals surface area contributed by atoms with Crippen molar-refractivity contribution >= 4 is 31.9 Å². The Balaban J connectivity index is 2.52. The Hall–Kier alpha value is -1.15. The Morgan fingerprint density at radius 2 is 1.68 bits per heavy atom. The molecule has 19 heavy (non-hydrogen) atoms. The molecule has 1 heterocycles. The van der Waals surface area contributed by atoms with Crippen molar-refractivity contribution in [2.24, 2.45) is 0 Å². The largest absolute Gasteiger partial charge is 0.416 e. The van der Waals surface area contributed by atoms with Gasteiger partial charge in [0, 0.05) is 11.9 Å². The summed E-state index contributed by atoms with van der Waals surface area (Å²) >= 11 is 6.10. The molecule has 2 rings (SSSR count). The van der Waals surface area contributed by atoms with E-state index in [1.54, 1.807) is 0 Å². The molecule has 100 valence electrons. The topological polar surface area (TPSA) is 34.9 Å². The first-order valence-corrected chi connectivity index (χ1v) is 6.50. The molecule has 0 aliphatic heterocycles. The summed E-state index contributed by atoms with van der Waals surface area (Å²) in [7, 11) is 0. The van der Waals surface area contributed by atoms with Gasteiger partial charge in [0.05, 0.1) is 5.56 Å². The van der Waals surface area contributed by atoms with Crippen molar-refractivity contribution in [2.75, 3.05) is 0 Å². The van der Waals surface area contributed by atoms with E-state index in [-0.39, 0.29) is 4.60 Å². The summed E-state index contributed by atoms with van der Waals surface area (Å²) in [6.07, 6.45) is -3.02. The molecular formula is C11H5Br2F3N2O. The zero-order valence-corrected chi connectivity index (χ0v) is 12.3. The van der Waals surface area contributed by atoms with E-state index in [9.17, 15) is 18.0 Å². The van der Waals surface area contributed by atoms with Crippen molar-refractivity contribution in [3.05, 3.63) is 55.6 Å². The lowest BCUT2D eigenvalue weighted by atomic mass is 10.2. The Bertz CT molecular complexity index is 665. The van der Waals surface area contributed by atoms with Gasteiger partial charge in [-0.25, -0.2) is 4.98 Å². The third-order valence-corrected chi connectivity index (χ3v) is 3.21. The molecule has 0 saturated carbocycles. The van der Waals surface area contributed by atoms with Crippen molar-refractivity contribution in [3.8, 4) is 5.69 Å². The van der Waals surface area contributed by atoms with Crippen LogP contribution in [-0.2, 0) is 6.18 Å². The van der Waals surface area contributed by atoms with Gasteiger partial charge < -0.3 is 0 Å². The Kier molecular flexibility index (Phi) is 3.82. The van der Waals surface area contributed by atoms with Crippen LogP contribution in [0, 0.1) is 0 Å². The van der Waals surface area contributed by atoms with Gasteiger partial charge in [-0.1, -0.05) is 0 Å². The van der Waals surface area contributed by atoms with Gasteiger partial charge in [0.15, 0.2) is 4.60 Å². The summed E-state index contributed by atoms with van der Waals surface area (Å²) in [4.78, 5) is 15.6. The van der Waals surface area contributed by atoms with Gasteiger partial charge >= 0.3 is 6.18 Å². The molecule has 0 fully saturated rings. The maximum absolute atomic E-state index is 12.4. The van der Waals surface area contributed by atoms with Gasteiger partial charge in [-0.15, -0.1) is 0 Å². The van der Waals surface area contributed by atoms with Crippen LogP contribution >= 0.6 is 31.9 Å². The van der Waals surface area contributed by atoms with Crippen LogP contribution in [0.25, 0.3) is 5.69 Å². The molecular weight excluding hydrogens is 393 g/mol. The van der Waals surface area contributed by atoms with Gasteiger partial charge in [0.2, 0.25) is 0 Å². The molecule has 0 aliphatic carbocycles. The van der Waals surface area contributed by atoms with Gasteiger partial charge in [-0.05, 0) is 56.1 Å². The molecule has 0 N–H and O–H groups in total. The number of alkyl halides is 3. The van der Waals surface area contributed by atoms with Crippen LogP contribution in [0.2, 0.25) is 0 Å². The van der Waals surface area contributed by atoms with E-state index in [1.807, 2.05) is 0 Å². The van der Waals surface area contributed by atoms with Crippen molar-refractivity contribution in [2.45, 2.75) is 6.18 Å². The monoisotopic (exact) mass is 396 g/mol. The third-order valence-electron chi connectivity index (χ3n) is 2.31. The molecule has 1 aromatic carbocycles. The van der Waals surface area contributed by atoms with Crippen molar-refractivity contribution in [3.63, 3.8) is 0 Å². The van der Waals surface area contributed by atoms with Gasteiger partial charge in [-0.2, -0.15) is 13.2 Å². The van der Waals surface area contributed by atoms with Crippen LogP contribution in [0.1, 0.15) is 5.56 Å². The van der Waals surface area contributed by atoms with E-state index in [2.05, 4.69) is 36.8 Å². The lowest BCUT2D eigenvalue weighted by Gasteiger charge is -2.09. The Labute approximate surface area is 122 Å². The number of rotatable bonds is 1. The lowest BCUT2D eigenvalue weighted by molar-refractivity contribution is -0.137. The number of aromatic nitrogens is 2. The van der Waals surface area contributed by atoms with Crippen LogP contribution in [0.15, 0.2) is 44.5 Å². The minimum Gasteiger partial charge on any atom is -0.279 e. The quantitative estimate of drug-likeness (QED) is 0.734. The highest BCUT2D eigenvalue weighted by Gasteiger charge is 2.30. The third kappa shape index (κ3) is 3.06. The van der Waals surface area contributed by atoms with Gasteiger partial charge in [-0.3, -0.25) is 9.36 Å². The van der Waals surface area contributed by atoms with E-state index in [0.29, 0.717) is 10.3 Å². The van der Waals surface area contributed by atoms with Crippen LogP contribution in [-0.4, -0.2) is 9.55 Å². The zero-order valence-electron chi connectivity index (χ0n) is 9.08. The highest BCUT2D eigenvalue weighted by Crippen LogP contribution is 2.29. The SMILES string of the molecule is O=c1c(Br)nc(Br)cn1-c1ccc(C(F)(F)F)cc1. The molecule has 0 saturated heterocycles. The molecule has 0 radical (unpaired) electrons. The predicted octanol–water partition coefficient (Wildman–Crippen LogP) is 3.78. The second kappa shape index (κ2) is 5.09. The van der Waals surface area contributed by atoms with Crippen LogP contribution in [0.5, 0.6) is 0 Å². The van der Waals surface area contributed by atoms with Gasteiger partial charge in [0.25, 0.3) is 5.56 Å². The van der Waals surface area contributed by atoms with Crippen molar-refractivity contribution in [1.29, 1.82) is 0 Å². The molecule has 0 amide bonds. The molecule has 0 spiro atoms. The van der Waals surface area contributed by atoms with Crippen molar-refractivity contribution < 1.29 is 13.2 Å². The Morgan fingerprint density at radius 3 is 2.21 bits per heavy atom. The van der Waals surface area contributed by atoms with E-state index in [1.165, 1.54) is 22.9 Å². The molecule has 0 aliphatic rings. The number of halogens is 5. The second-order valence-electron chi connectivity index (χ2n) is 3.57. The molecule has 3 nitrogen and oxygen atoms in total. The summed E-state index contributed by atoms with van der Waals surface area (Å²) in [5.41, 5.74) is -0.902. The fourth-order valence-electron chi connectivity index (χ4n) is 1.44. The fourth-order valence-corrected chi connectivity index (χ4v) is 2.44. The number of hydrogen-bond acceptors (Lipinski definition) is 2. The number of nitrogens with zero attached hydrogens (tertiary/aromatic N) is 2. The highest BCUT2D eigenvalue weighted by atomic mass is 79.9. The van der Waals surface area contributed by atoms with E-state index >= 15 is 0 Å². The fraction of sp³-hybridized carbons (Fsp3) is 0.0909. The minimum atomic E-state index is -4.40. The van der Waals surface area contributed by atoms with Crippen LogP contribution in [0.3, 0.4) is 0 Å². The summed E-state index contributed by atoms with van der Waals surface area (Å²) in [5.74, 6) is 0. The van der Waals surface area contributed by atoms with Gasteiger partial charge in [0.1, 0.15) is 4.60 Å².